The molecule has 1 N–H and O–H groups in total. The van der Waals surface area contributed by atoms with Crippen LogP contribution in [0.2, 0.25) is 0 Å². The summed E-state index contributed by atoms with van der Waals surface area (Å²) < 4.78 is 0. The van der Waals surface area contributed by atoms with Crippen LogP contribution >= 0.6 is 0 Å². The van der Waals surface area contributed by atoms with Gasteiger partial charge in [0.1, 0.15) is 0 Å². The number of pyridine rings is 2. The summed E-state index contributed by atoms with van der Waals surface area (Å²) in [6.07, 6.45) is 6.43. The maximum Gasteiger partial charge on any atom is 0.255 e. The zero-order chi connectivity index (χ0) is 19.6. The summed E-state index contributed by atoms with van der Waals surface area (Å²) in [5.74, 6) is 0.131. The van der Waals surface area contributed by atoms with E-state index in [-0.39, 0.29) is 22.8 Å². The van der Waals surface area contributed by atoms with Crippen molar-refractivity contribution in [2.75, 3.05) is 19.6 Å². The van der Waals surface area contributed by atoms with Crippen molar-refractivity contribution >= 4 is 11.8 Å². The molecule has 7 heteroatoms. The Morgan fingerprint density at radius 3 is 2.61 bits per heavy atom. The molecule has 4 heterocycles. The Bertz CT molecular complexity index is 896. The van der Waals surface area contributed by atoms with Crippen molar-refractivity contribution in [3.8, 4) is 0 Å². The summed E-state index contributed by atoms with van der Waals surface area (Å²) in [4.78, 5) is 46.9. The average molecular weight is 380 g/mol. The van der Waals surface area contributed by atoms with Gasteiger partial charge in [-0.25, -0.2) is 0 Å². The molecule has 0 radical (unpaired) electrons. The first-order valence-electron chi connectivity index (χ1n) is 9.70. The molecule has 2 amide bonds. The van der Waals surface area contributed by atoms with Crippen molar-refractivity contribution in [2.45, 2.75) is 32.2 Å². The van der Waals surface area contributed by atoms with Crippen LogP contribution in [0.15, 0.2) is 47.5 Å². The molecule has 2 aliphatic rings. The lowest BCUT2D eigenvalue weighted by molar-refractivity contribution is -0.139. The SMILES string of the molecule is O=C1CCC2(CCN(C(=O)c3ccc(=O)[nH]c3)CC2)CN1Cc1ccccn1. The minimum absolute atomic E-state index is 0.0525. The third-order valence-corrected chi connectivity index (χ3v) is 5.97. The lowest BCUT2D eigenvalue weighted by atomic mass is 9.72. The Morgan fingerprint density at radius 2 is 1.93 bits per heavy atom. The molecule has 0 aromatic carbocycles. The van der Waals surface area contributed by atoms with Crippen molar-refractivity contribution in [1.82, 2.24) is 19.8 Å². The summed E-state index contributed by atoms with van der Waals surface area (Å²) in [6, 6.07) is 8.70. The number of nitrogens with zero attached hydrogens (tertiary/aromatic N) is 3. The quantitative estimate of drug-likeness (QED) is 0.880. The lowest BCUT2D eigenvalue weighted by Crippen LogP contribution is -2.52. The molecule has 0 saturated carbocycles. The number of carbonyl (C=O) groups is 2. The molecule has 7 nitrogen and oxygen atoms in total. The number of amides is 2. The van der Waals surface area contributed by atoms with Gasteiger partial charge in [0.25, 0.3) is 5.91 Å². The van der Waals surface area contributed by atoms with E-state index in [1.54, 1.807) is 12.3 Å². The average Bonchev–Trinajstić information content (AvgIpc) is 2.72. The van der Waals surface area contributed by atoms with Crippen LogP contribution in [0, 0.1) is 5.41 Å². The van der Waals surface area contributed by atoms with Crippen LogP contribution in [0.5, 0.6) is 0 Å². The number of likely N-dealkylation sites (tertiary alicyclic amines) is 2. The van der Waals surface area contributed by atoms with Gasteiger partial charge in [0.05, 0.1) is 17.8 Å². The molecule has 0 bridgehead atoms. The topological polar surface area (TPSA) is 86.4 Å². The van der Waals surface area contributed by atoms with Gasteiger partial charge >= 0.3 is 0 Å². The summed E-state index contributed by atoms with van der Waals surface area (Å²) in [6.45, 7) is 2.61. The molecular formula is C21H24N4O3. The highest BCUT2D eigenvalue weighted by atomic mass is 16.2. The van der Waals surface area contributed by atoms with Crippen molar-refractivity contribution in [3.05, 3.63) is 64.3 Å². The molecule has 146 valence electrons. The highest BCUT2D eigenvalue weighted by molar-refractivity contribution is 5.93. The zero-order valence-electron chi connectivity index (χ0n) is 15.8. The zero-order valence-corrected chi connectivity index (χ0v) is 15.8. The maximum absolute atomic E-state index is 12.7. The molecule has 2 fully saturated rings. The van der Waals surface area contributed by atoms with E-state index < -0.39 is 0 Å². The normalized spacial score (nSPS) is 19.1. The fraction of sp³-hybridized carbons (Fsp3) is 0.429. The Morgan fingerprint density at radius 1 is 1.11 bits per heavy atom. The fourth-order valence-electron chi connectivity index (χ4n) is 4.25. The molecule has 2 aromatic rings. The smallest absolute Gasteiger partial charge is 0.255 e. The molecule has 2 aromatic heterocycles. The predicted octanol–water partition coefficient (Wildman–Crippen LogP) is 1.81. The second kappa shape index (κ2) is 7.58. The van der Waals surface area contributed by atoms with Crippen LogP contribution in [-0.4, -0.2) is 51.2 Å². The summed E-state index contributed by atoms with van der Waals surface area (Å²) in [7, 11) is 0. The molecule has 0 atom stereocenters. The monoisotopic (exact) mass is 380 g/mol. The Kier molecular flexibility index (Phi) is 4.98. The van der Waals surface area contributed by atoms with Crippen molar-refractivity contribution < 1.29 is 9.59 Å². The standard InChI is InChI=1S/C21H24N4O3/c26-18-5-4-16(13-23-18)20(28)24-11-8-21(9-12-24)7-6-19(27)25(15-21)14-17-3-1-2-10-22-17/h1-5,10,13H,6-9,11-12,14-15H2,(H,23,26). The van der Waals surface area contributed by atoms with E-state index in [1.165, 1.54) is 12.3 Å². The largest absolute Gasteiger partial charge is 0.339 e. The van der Waals surface area contributed by atoms with Crippen LogP contribution in [0.1, 0.15) is 41.7 Å². The summed E-state index contributed by atoms with van der Waals surface area (Å²) in [5, 5.41) is 0. The molecule has 0 unspecified atom stereocenters. The predicted molar refractivity (Wildman–Crippen MR) is 104 cm³/mol. The number of aromatic nitrogens is 2. The minimum atomic E-state index is -0.214. The van der Waals surface area contributed by atoms with E-state index in [0.717, 1.165) is 31.5 Å². The number of carbonyl (C=O) groups excluding carboxylic acids is 2. The lowest BCUT2D eigenvalue weighted by Gasteiger charge is -2.47. The van der Waals surface area contributed by atoms with Gasteiger partial charge in [0.2, 0.25) is 11.5 Å². The number of nitrogens with one attached hydrogen (secondary N) is 1. The van der Waals surface area contributed by atoms with E-state index in [9.17, 15) is 14.4 Å². The third-order valence-electron chi connectivity index (χ3n) is 5.97. The molecule has 4 rings (SSSR count). The first-order chi connectivity index (χ1) is 13.5. The van der Waals surface area contributed by atoms with Crippen molar-refractivity contribution in [3.63, 3.8) is 0 Å². The highest BCUT2D eigenvalue weighted by Crippen LogP contribution is 2.40. The van der Waals surface area contributed by atoms with Gasteiger partial charge in [0.15, 0.2) is 0 Å². The first kappa shape index (κ1) is 18.4. The van der Waals surface area contributed by atoms with Crippen LogP contribution in [0.3, 0.4) is 0 Å². The first-order valence-corrected chi connectivity index (χ1v) is 9.70. The van der Waals surface area contributed by atoms with Gasteiger partial charge in [-0.15, -0.1) is 0 Å². The Labute approximate surface area is 163 Å². The Hall–Kier alpha value is -2.96. The van der Waals surface area contributed by atoms with Gasteiger partial charge < -0.3 is 14.8 Å². The van der Waals surface area contributed by atoms with Crippen LogP contribution in [-0.2, 0) is 11.3 Å². The minimum Gasteiger partial charge on any atom is -0.339 e. The fourth-order valence-corrected chi connectivity index (χ4v) is 4.25. The van der Waals surface area contributed by atoms with E-state index in [2.05, 4.69) is 9.97 Å². The van der Waals surface area contributed by atoms with E-state index in [4.69, 9.17) is 0 Å². The number of rotatable bonds is 3. The van der Waals surface area contributed by atoms with Gasteiger partial charge in [0, 0.05) is 44.5 Å². The number of H-pyrrole nitrogens is 1. The maximum atomic E-state index is 12.7. The second-order valence-electron chi connectivity index (χ2n) is 7.80. The van der Waals surface area contributed by atoms with E-state index in [1.807, 2.05) is 28.0 Å². The molecule has 0 aliphatic carbocycles. The molecule has 2 saturated heterocycles. The van der Waals surface area contributed by atoms with E-state index >= 15 is 0 Å². The Balaban J connectivity index is 1.40. The van der Waals surface area contributed by atoms with Crippen molar-refractivity contribution in [2.24, 2.45) is 5.41 Å². The molecule has 2 aliphatic heterocycles. The van der Waals surface area contributed by atoms with E-state index in [0.29, 0.717) is 31.6 Å². The van der Waals surface area contributed by atoms with Crippen LogP contribution in [0.25, 0.3) is 0 Å². The van der Waals surface area contributed by atoms with Gasteiger partial charge in [-0.3, -0.25) is 19.4 Å². The molecular weight excluding hydrogens is 356 g/mol. The molecule has 28 heavy (non-hydrogen) atoms. The summed E-state index contributed by atoms with van der Waals surface area (Å²) >= 11 is 0. The van der Waals surface area contributed by atoms with Gasteiger partial charge in [-0.1, -0.05) is 6.07 Å². The van der Waals surface area contributed by atoms with Gasteiger partial charge in [-0.2, -0.15) is 0 Å². The number of aromatic amines is 1. The highest BCUT2D eigenvalue weighted by Gasteiger charge is 2.41. The van der Waals surface area contributed by atoms with Crippen molar-refractivity contribution in [1.29, 1.82) is 0 Å². The third kappa shape index (κ3) is 3.83. The number of piperidine rings is 2. The van der Waals surface area contributed by atoms with Crippen LogP contribution in [0.4, 0.5) is 0 Å². The van der Waals surface area contributed by atoms with Crippen LogP contribution < -0.4 is 5.56 Å². The summed E-state index contributed by atoms with van der Waals surface area (Å²) in [5.41, 5.74) is 1.27. The molecule has 1 spiro atoms. The van der Waals surface area contributed by atoms with Gasteiger partial charge in [-0.05, 0) is 42.9 Å². The number of hydrogen-bond donors (Lipinski definition) is 1. The second-order valence-corrected chi connectivity index (χ2v) is 7.80. The number of hydrogen-bond acceptors (Lipinski definition) is 4.